The molecule has 2 saturated heterocycles. The molecule has 1 aromatic rings. The van der Waals surface area contributed by atoms with Crippen LogP contribution in [-0.2, 0) is 16.1 Å². The van der Waals surface area contributed by atoms with Crippen LogP contribution in [0.25, 0.3) is 0 Å². The Kier molecular flexibility index (Phi) is 3.53. The van der Waals surface area contributed by atoms with Crippen LogP contribution in [0.4, 0.5) is 0 Å². The molecule has 0 saturated carbocycles. The van der Waals surface area contributed by atoms with Crippen LogP contribution in [0.15, 0.2) is 24.5 Å². The number of amides is 2. The van der Waals surface area contributed by atoms with Crippen LogP contribution >= 0.6 is 0 Å². The lowest BCUT2D eigenvalue weighted by molar-refractivity contribution is -0.139. The molecule has 2 fully saturated rings. The molecule has 0 aromatic carbocycles. The third-order valence-corrected chi connectivity index (χ3v) is 4.42. The van der Waals surface area contributed by atoms with E-state index in [0.717, 1.165) is 32.5 Å². The topological polar surface area (TPSA) is 62.3 Å². The third kappa shape index (κ3) is 2.88. The molecule has 0 atom stereocenters. The molecule has 3 rings (SSSR count). The van der Waals surface area contributed by atoms with Gasteiger partial charge in [-0.05, 0) is 49.0 Å². The minimum Gasteiger partial charge on any atom is -0.299 e. The molecule has 1 spiro atoms. The van der Waals surface area contributed by atoms with E-state index in [1.54, 1.807) is 0 Å². The van der Waals surface area contributed by atoms with Gasteiger partial charge in [-0.2, -0.15) is 0 Å². The van der Waals surface area contributed by atoms with Gasteiger partial charge in [-0.25, -0.2) is 0 Å². The van der Waals surface area contributed by atoms with Gasteiger partial charge in [-0.1, -0.05) is 0 Å². The fourth-order valence-electron chi connectivity index (χ4n) is 3.27. The average Bonchev–Trinajstić information content (AvgIpc) is 2.42. The van der Waals surface area contributed by atoms with Crippen molar-refractivity contribution in [3.63, 3.8) is 0 Å². The van der Waals surface area contributed by atoms with Crippen molar-refractivity contribution >= 4 is 11.8 Å². The number of aromatic nitrogens is 1. The van der Waals surface area contributed by atoms with Crippen LogP contribution in [-0.4, -0.2) is 34.8 Å². The van der Waals surface area contributed by atoms with E-state index in [-0.39, 0.29) is 17.2 Å². The highest BCUT2D eigenvalue weighted by molar-refractivity contribution is 5.98. The van der Waals surface area contributed by atoms with Crippen molar-refractivity contribution in [1.82, 2.24) is 15.2 Å². The molecule has 3 heterocycles. The summed E-state index contributed by atoms with van der Waals surface area (Å²) < 4.78 is 0. The quantitative estimate of drug-likeness (QED) is 0.820. The van der Waals surface area contributed by atoms with Gasteiger partial charge in [0.05, 0.1) is 0 Å². The molecule has 0 unspecified atom stereocenters. The molecule has 2 aliphatic heterocycles. The Morgan fingerprint density at radius 2 is 1.70 bits per heavy atom. The number of nitrogens with zero attached hydrogens (tertiary/aromatic N) is 2. The van der Waals surface area contributed by atoms with Gasteiger partial charge >= 0.3 is 0 Å². The van der Waals surface area contributed by atoms with Crippen LogP contribution in [0.1, 0.15) is 31.2 Å². The summed E-state index contributed by atoms with van der Waals surface area (Å²) in [5.74, 6) is -0.215. The molecule has 2 amide bonds. The smallest absolute Gasteiger partial charge is 0.227 e. The molecular formula is C15H19N3O2. The van der Waals surface area contributed by atoms with Crippen LogP contribution in [0.3, 0.4) is 0 Å². The largest absolute Gasteiger partial charge is 0.299 e. The van der Waals surface area contributed by atoms with Crippen LogP contribution in [0.2, 0.25) is 0 Å². The maximum atomic E-state index is 11.6. The first-order valence-electron chi connectivity index (χ1n) is 7.09. The number of rotatable bonds is 2. The number of carbonyl (C=O) groups is 2. The van der Waals surface area contributed by atoms with Crippen molar-refractivity contribution in [1.29, 1.82) is 0 Å². The van der Waals surface area contributed by atoms with Gasteiger partial charge in [0.2, 0.25) is 11.8 Å². The van der Waals surface area contributed by atoms with Crippen molar-refractivity contribution < 1.29 is 9.59 Å². The first-order valence-corrected chi connectivity index (χ1v) is 7.09. The van der Waals surface area contributed by atoms with E-state index in [1.165, 1.54) is 5.56 Å². The second kappa shape index (κ2) is 5.32. The Hall–Kier alpha value is -1.75. The number of likely N-dealkylation sites (tertiary alicyclic amines) is 1. The summed E-state index contributed by atoms with van der Waals surface area (Å²) in [6, 6.07) is 4.06. The molecule has 20 heavy (non-hydrogen) atoms. The van der Waals surface area contributed by atoms with E-state index < -0.39 is 0 Å². The number of carbonyl (C=O) groups excluding carboxylic acids is 2. The molecule has 1 aromatic heterocycles. The summed E-state index contributed by atoms with van der Waals surface area (Å²) in [5, 5.41) is 2.40. The lowest BCUT2D eigenvalue weighted by atomic mass is 9.71. The average molecular weight is 273 g/mol. The zero-order chi connectivity index (χ0) is 14.0. The molecule has 5 heteroatoms. The number of imide groups is 1. The van der Waals surface area contributed by atoms with E-state index in [4.69, 9.17) is 0 Å². The van der Waals surface area contributed by atoms with Crippen molar-refractivity contribution in [2.45, 2.75) is 32.2 Å². The Morgan fingerprint density at radius 1 is 1.10 bits per heavy atom. The minimum atomic E-state index is -0.108. The predicted molar refractivity (Wildman–Crippen MR) is 73.6 cm³/mol. The van der Waals surface area contributed by atoms with E-state index in [0.29, 0.717) is 12.8 Å². The predicted octanol–water partition coefficient (Wildman–Crippen LogP) is 1.10. The lowest BCUT2D eigenvalue weighted by Crippen LogP contribution is -2.49. The number of hydrogen-bond acceptors (Lipinski definition) is 4. The maximum absolute atomic E-state index is 11.6. The SMILES string of the molecule is O=C1CC2(CCN(Cc3ccncc3)CC2)CC(=O)N1. The molecule has 0 bridgehead atoms. The van der Waals surface area contributed by atoms with Crippen molar-refractivity contribution in [2.24, 2.45) is 5.41 Å². The molecule has 0 aliphatic carbocycles. The first kappa shape index (κ1) is 13.2. The number of nitrogens with one attached hydrogen (secondary N) is 1. The molecule has 106 valence electrons. The maximum Gasteiger partial charge on any atom is 0.227 e. The third-order valence-electron chi connectivity index (χ3n) is 4.42. The highest BCUT2D eigenvalue weighted by Gasteiger charge is 2.41. The van der Waals surface area contributed by atoms with Crippen molar-refractivity contribution in [3.05, 3.63) is 30.1 Å². The summed E-state index contributed by atoms with van der Waals surface area (Å²) >= 11 is 0. The summed E-state index contributed by atoms with van der Waals surface area (Å²) in [5.41, 5.74) is 1.17. The standard InChI is InChI=1S/C15H19N3O2/c19-13-9-15(10-14(20)17-13)3-7-18(8-4-15)11-12-1-5-16-6-2-12/h1-2,5-6H,3-4,7-11H2,(H,17,19,20). The highest BCUT2D eigenvalue weighted by Crippen LogP contribution is 2.40. The molecule has 2 aliphatic rings. The molecular weight excluding hydrogens is 254 g/mol. The van der Waals surface area contributed by atoms with Gasteiger partial charge < -0.3 is 0 Å². The fraction of sp³-hybridized carbons (Fsp3) is 0.533. The molecule has 0 radical (unpaired) electrons. The Morgan fingerprint density at radius 3 is 2.30 bits per heavy atom. The molecule has 1 N–H and O–H groups in total. The van der Waals surface area contributed by atoms with Crippen molar-refractivity contribution in [2.75, 3.05) is 13.1 Å². The zero-order valence-corrected chi connectivity index (χ0v) is 11.5. The van der Waals surface area contributed by atoms with Gasteiger partial charge in [-0.3, -0.25) is 24.8 Å². The van der Waals surface area contributed by atoms with Gasteiger partial charge in [0.1, 0.15) is 0 Å². The van der Waals surface area contributed by atoms with E-state index >= 15 is 0 Å². The highest BCUT2D eigenvalue weighted by atomic mass is 16.2. The minimum absolute atomic E-state index is 0.0891. The summed E-state index contributed by atoms with van der Waals surface area (Å²) in [6.45, 7) is 2.81. The second-order valence-corrected chi connectivity index (χ2v) is 5.96. The van der Waals surface area contributed by atoms with Crippen molar-refractivity contribution in [3.8, 4) is 0 Å². The molecule has 5 nitrogen and oxygen atoms in total. The normalized spacial score (nSPS) is 22.8. The van der Waals surface area contributed by atoms with E-state index in [1.807, 2.05) is 24.5 Å². The second-order valence-electron chi connectivity index (χ2n) is 5.96. The monoisotopic (exact) mass is 273 g/mol. The van der Waals surface area contributed by atoms with Gasteiger partial charge in [0, 0.05) is 31.8 Å². The van der Waals surface area contributed by atoms with E-state index in [2.05, 4.69) is 15.2 Å². The van der Waals surface area contributed by atoms with Gasteiger partial charge in [0.25, 0.3) is 0 Å². The Balaban J connectivity index is 1.59. The fourth-order valence-corrected chi connectivity index (χ4v) is 3.27. The van der Waals surface area contributed by atoms with Gasteiger partial charge in [-0.15, -0.1) is 0 Å². The zero-order valence-electron chi connectivity index (χ0n) is 11.5. The Bertz CT molecular complexity index is 489. The first-order chi connectivity index (χ1) is 9.65. The lowest BCUT2D eigenvalue weighted by Gasteiger charge is -2.43. The number of piperidine rings is 2. The van der Waals surface area contributed by atoms with Crippen LogP contribution in [0.5, 0.6) is 0 Å². The summed E-state index contributed by atoms with van der Waals surface area (Å²) in [7, 11) is 0. The summed E-state index contributed by atoms with van der Waals surface area (Å²) in [4.78, 5) is 29.5. The van der Waals surface area contributed by atoms with Crippen LogP contribution in [0, 0.1) is 5.41 Å². The van der Waals surface area contributed by atoms with E-state index in [9.17, 15) is 9.59 Å². The van der Waals surface area contributed by atoms with Crippen LogP contribution < -0.4 is 5.32 Å². The number of hydrogen-bond donors (Lipinski definition) is 1. The number of pyridine rings is 1. The Labute approximate surface area is 118 Å². The summed E-state index contributed by atoms with van der Waals surface area (Å²) in [6.07, 6.45) is 6.48. The van der Waals surface area contributed by atoms with Gasteiger partial charge in [0.15, 0.2) is 0 Å².